The van der Waals surface area contributed by atoms with Crippen molar-refractivity contribution in [1.29, 1.82) is 0 Å². The van der Waals surface area contributed by atoms with Gasteiger partial charge in [0.25, 0.3) is 0 Å². The molecule has 0 heterocycles. The predicted octanol–water partition coefficient (Wildman–Crippen LogP) is 2.60. The number of hydrogen-bond donors (Lipinski definition) is 2. The van der Waals surface area contributed by atoms with Crippen LogP contribution < -0.4 is 10.6 Å². The van der Waals surface area contributed by atoms with Crippen LogP contribution in [-0.2, 0) is 0 Å². The number of hydrogen-bond acceptors (Lipinski definition) is 3. The molecule has 3 nitrogen and oxygen atoms in total. The van der Waals surface area contributed by atoms with E-state index in [9.17, 15) is 5.11 Å². The largest absolute Gasteiger partial charge is 0.507 e. The van der Waals surface area contributed by atoms with Gasteiger partial charge in [0, 0.05) is 30.4 Å². The van der Waals surface area contributed by atoms with E-state index in [1.807, 2.05) is 12.1 Å². The summed E-state index contributed by atoms with van der Waals surface area (Å²) in [4.78, 5) is 2.19. The van der Waals surface area contributed by atoms with Gasteiger partial charge in [0.15, 0.2) is 0 Å². The summed E-state index contributed by atoms with van der Waals surface area (Å²) in [7, 11) is 0. The molecule has 0 unspecified atom stereocenters. The molecular weight excluding hydrogens is 212 g/mol. The second kappa shape index (κ2) is 6.30. The first-order valence-electron chi connectivity index (χ1n) is 6.10. The van der Waals surface area contributed by atoms with Gasteiger partial charge in [0.2, 0.25) is 0 Å². The third-order valence-electron chi connectivity index (χ3n) is 2.94. The lowest BCUT2D eigenvalue weighted by Crippen LogP contribution is -2.21. The van der Waals surface area contributed by atoms with Crippen molar-refractivity contribution in [2.24, 2.45) is 5.73 Å². The van der Waals surface area contributed by atoms with Gasteiger partial charge in [-0.15, -0.1) is 0 Å². The van der Waals surface area contributed by atoms with Crippen LogP contribution in [-0.4, -0.2) is 24.7 Å². The number of rotatable bonds is 6. The van der Waals surface area contributed by atoms with Gasteiger partial charge in [-0.2, -0.15) is 0 Å². The number of nitrogens with zero attached hydrogens (tertiary/aromatic N) is 1. The molecule has 0 fully saturated rings. The van der Waals surface area contributed by atoms with Gasteiger partial charge in [0.05, 0.1) is 0 Å². The van der Waals surface area contributed by atoms with E-state index in [4.69, 9.17) is 5.73 Å². The second-order valence-electron chi connectivity index (χ2n) is 4.02. The van der Waals surface area contributed by atoms with Crippen molar-refractivity contribution in [3.8, 4) is 5.75 Å². The van der Waals surface area contributed by atoms with E-state index in [0.717, 1.165) is 29.9 Å². The molecule has 0 aliphatic rings. The lowest BCUT2D eigenvalue weighted by Gasteiger charge is -2.22. The maximum absolute atomic E-state index is 10.0. The van der Waals surface area contributed by atoms with Gasteiger partial charge in [-0.05, 0) is 44.5 Å². The van der Waals surface area contributed by atoms with Crippen molar-refractivity contribution >= 4 is 11.3 Å². The molecule has 1 aromatic carbocycles. The van der Waals surface area contributed by atoms with E-state index in [1.165, 1.54) is 0 Å². The zero-order chi connectivity index (χ0) is 12.8. The maximum atomic E-state index is 10.0. The summed E-state index contributed by atoms with van der Waals surface area (Å²) in [6.07, 6.45) is 0.707. The van der Waals surface area contributed by atoms with Crippen molar-refractivity contribution in [3.05, 3.63) is 30.3 Å². The number of nitrogens with two attached hydrogens (primary N) is 1. The summed E-state index contributed by atoms with van der Waals surface area (Å²) < 4.78 is 0. The van der Waals surface area contributed by atoms with Gasteiger partial charge in [0.1, 0.15) is 5.75 Å². The second-order valence-corrected chi connectivity index (χ2v) is 4.02. The summed E-state index contributed by atoms with van der Waals surface area (Å²) >= 11 is 0. The Morgan fingerprint density at radius 2 is 2.00 bits per heavy atom. The Balaban J connectivity index is 2.97. The first-order valence-corrected chi connectivity index (χ1v) is 6.10. The molecule has 0 atom stereocenters. The first-order chi connectivity index (χ1) is 8.13. The zero-order valence-electron chi connectivity index (χ0n) is 10.7. The Kier molecular flexibility index (Phi) is 5.04. The molecule has 0 amide bonds. The van der Waals surface area contributed by atoms with E-state index >= 15 is 0 Å². The van der Waals surface area contributed by atoms with E-state index in [0.29, 0.717) is 13.0 Å². The van der Waals surface area contributed by atoms with Crippen molar-refractivity contribution in [3.63, 3.8) is 0 Å². The van der Waals surface area contributed by atoms with Crippen molar-refractivity contribution in [2.75, 3.05) is 24.5 Å². The Bertz CT molecular complexity index is 384. The van der Waals surface area contributed by atoms with Gasteiger partial charge in [-0.25, -0.2) is 0 Å². The lowest BCUT2D eigenvalue weighted by atomic mass is 10.0. The molecule has 94 valence electrons. The van der Waals surface area contributed by atoms with E-state index in [1.54, 1.807) is 6.07 Å². The third-order valence-corrected chi connectivity index (χ3v) is 2.94. The van der Waals surface area contributed by atoms with Crippen molar-refractivity contribution in [1.82, 2.24) is 0 Å². The van der Waals surface area contributed by atoms with Crippen LogP contribution in [0.2, 0.25) is 0 Å². The normalized spacial score (nSPS) is 10.3. The molecular formula is C14H22N2O. The van der Waals surface area contributed by atoms with Crippen molar-refractivity contribution < 1.29 is 5.11 Å². The van der Waals surface area contributed by atoms with Crippen LogP contribution >= 0.6 is 0 Å². The molecule has 3 heteroatoms. The Hall–Kier alpha value is -1.48. The maximum Gasteiger partial charge on any atom is 0.125 e. The fourth-order valence-corrected chi connectivity index (χ4v) is 1.91. The molecule has 0 saturated heterocycles. The van der Waals surface area contributed by atoms with Gasteiger partial charge in [-0.3, -0.25) is 0 Å². The summed E-state index contributed by atoms with van der Waals surface area (Å²) in [5.41, 5.74) is 8.21. The number of aromatic hydroxyl groups is 1. The molecule has 0 saturated carbocycles. The van der Waals surface area contributed by atoms with Crippen LogP contribution in [0.4, 0.5) is 5.69 Å². The number of benzene rings is 1. The number of phenolic OH excluding ortho intramolecular Hbond substituents is 1. The summed E-state index contributed by atoms with van der Waals surface area (Å²) in [6.45, 7) is 10.5. The highest BCUT2D eigenvalue weighted by Crippen LogP contribution is 2.30. The summed E-state index contributed by atoms with van der Waals surface area (Å²) in [6, 6.07) is 5.73. The molecule has 0 bridgehead atoms. The smallest absolute Gasteiger partial charge is 0.125 e. The van der Waals surface area contributed by atoms with Gasteiger partial charge >= 0.3 is 0 Å². The molecule has 0 spiro atoms. The molecule has 17 heavy (non-hydrogen) atoms. The third kappa shape index (κ3) is 3.24. The van der Waals surface area contributed by atoms with Gasteiger partial charge in [-0.1, -0.05) is 6.58 Å². The van der Waals surface area contributed by atoms with Crippen LogP contribution in [0, 0.1) is 0 Å². The highest BCUT2D eigenvalue weighted by atomic mass is 16.3. The number of phenols is 1. The van der Waals surface area contributed by atoms with E-state index < -0.39 is 0 Å². The lowest BCUT2D eigenvalue weighted by molar-refractivity contribution is 0.473. The highest BCUT2D eigenvalue weighted by Gasteiger charge is 2.08. The molecule has 0 aromatic heterocycles. The fraction of sp³-hybridized carbons (Fsp3) is 0.429. The molecule has 1 rings (SSSR count). The monoisotopic (exact) mass is 234 g/mol. The molecule has 3 N–H and O–H groups in total. The average molecular weight is 234 g/mol. The Morgan fingerprint density at radius 3 is 2.47 bits per heavy atom. The first kappa shape index (κ1) is 13.6. The Morgan fingerprint density at radius 1 is 1.35 bits per heavy atom. The fourth-order valence-electron chi connectivity index (χ4n) is 1.91. The van der Waals surface area contributed by atoms with E-state index in [-0.39, 0.29) is 5.75 Å². The molecule has 0 aliphatic heterocycles. The summed E-state index contributed by atoms with van der Waals surface area (Å²) in [5, 5.41) is 10.0. The SMILES string of the molecule is C=C(CCN)c1ccc(N(CC)CC)cc1O. The average Bonchev–Trinajstić information content (AvgIpc) is 2.31. The minimum absolute atomic E-state index is 0.285. The molecule has 1 aromatic rings. The zero-order valence-corrected chi connectivity index (χ0v) is 10.7. The standard InChI is InChI=1S/C14H22N2O/c1-4-16(5-2)12-6-7-13(14(17)10-12)11(3)8-9-15/h6-7,10,17H,3-5,8-9,15H2,1-2H3. The van der Waals surface area contributed by atoms with Crippen LogP contribution in [0.3, 0.4) is 0 Å². The van der Waals surface area contributed by atoms with Crippen molar-refractivity contribution in [2.45, 2.75) is 20.3 Å². The van der Waals surface area contributed by atoms with Crippen LogP contribution in [0.15, 0.2) is 24.8 Å². The molecule has 0 radical (unpaired) electrons. The molecule has 0 aliphatic carbocycles. The quantitative estimate of drug-likeness (QED) is 0.795. The van der Waals surface area contributed by atoms with Crippen LogP contribution in [0.1, 0.15) is 25.8 Å². The van der Waals surface area contributed by atoms with Crippen LogP contribution in [0.25, 0.3) is 5.57 Å². The van der Waals surface area contributed by atoms with Crippen LogP contribution in [0.5, 0.6) is 5.75 Å². The summed E-state index contributed by atoms with van der Waals surface area (Å²) in [5.74, 6) is 0.285. The Labute approximate surface area is 104 Å². The van der Waals surface area contributed by atoms with Gasteiger partial charge < -0.3 is 15.7 Å². The van der Waals surface area contributed by atoms with E-state index in [2.05, 4.69) is 25.3 Å². The topological polar surface area (TPSA) is 49.5 Å². The number of anilines is 1. The minimum atomic E-state index is 0.285. The minimum Gasteiger partial charge on any atom is -0.507 e. The predicted molar refractivity (Wildman–Crippen MR) is 74.4 cm³/mol. The highest BCUT2D eigenvalue weighted by molar-refractivity contribution is 5.71.